The number of carbonyl (C=O) groups is 1. The summed E-state index contributed by atoms with van der Waals surface area (Å²) >= 11 is 0. The Morgan fingerprint density at radius 3 is 2.38 bits per heavy atom. The number of hydrogen-bond donors (Lipinski definition) is 1. The van der Waals surface area contributed by atoms with Gasteiger partial charge in [0.1, 0.15) is 6.54 Å². The van der Waals surface area contributed by atoms with Gasteiger partial charge in [0.25, 0.3) is 0 Å². The van der Waals surface area contributed by atoms with Crippen molar-refractivity contribution in [1.82, 2.24) is 0 Å². The molecule has 0 radical (unpaired) electrons. The zero-order valence-electron chi connectivity index (χ0n) is 11.9. The van der Waals surface area contributed by atoms with Crippen LogP contribution >= 0.6 is 0 Å². The van der Waals surface area contributed by atoms with Crippen molar-refractivity contribution in [3.8, 4) is 0 Å². The van der Waals surface area contributed by atoms with E-state index in [0.717, 1.165) is 5.69 Å². The van der Waals surface area contributed by atoms with Crippen LogP contribution in [0.5, 0.6) is 0 Å². The van der Waals surface area contributed by atoms with E-state index in [0.29, 0.717) is 12.5 Å². The lowest BCUT2D eigenvalue weighted by molar-refractivity contribution is -0.135. The minimum absolute atomic E-state index is 0.0169. The molecule has 0 unspecified atom stereocenters. The van der Waals surface area contributed by atoms with Crippen molar-refractivity contribution in [3.05, 3.63) is 65.7 Å². The number of benzene rings is 2. The van der Waals surface area contributed by atoms with Crippen LogP contribution in [0, 0.1) is 0 Å². The number of carboxylic acids is 1. The van der Waals surface area contributed by atoms with E-state index in [9.17, 15) is 9.90 Å². The SMILES string of the molecule is O=C(O)CN(Cc1ccccc1C1CC1)c1ccccc1. The molecule has 3 rings (SSSR count). The first-order valence-electron chi connectivity index (χ1n) is 7.33. The summed E-state index contributed by atoms with van der Waals surface area (Å²) < 4.78 is 0. The van der Waals surface area contributed by atoms with Gasteiger partial charge in [0.2, 0.25) is 0 Å². The molecule has 108 valence electrons. The number of rotatable bonds is 6. The molecule has 3 nitrogen and oxygen atoms in total. The second kappa shape index (κ2) is 6.00. The highest BCUT2D eigenvalue weighted by Crippen LogP contribution is 2.41. The van der Waals surface area contributed by atoms with Crippen LogP contribution in [0.2, 0.25) is 0 Å². The summed E-state index contributed by atoms with van der Waals surface area (Å²) in [6.07, 6.45) is 2.50. The van der Waals surface area contributed by atoms with E-state index >= 15 is 0 Å². The van der Waals surface area contributed by atoms with Crippen LogP contribution in [0.1, 0.15) is 29.9 Å². The van der Waals surface area contributed by atoms with Crippen molar-refractivity contribution in [2.75, 3.05) is 11.4 Å². The number of aliphatic carboxylic acids is 1. The van der Waals surface area contributed by atoms with Crippen molar-refractivity contribution >= 4 is 11.7 Å². The molecule has 0 spiro atoms. The molecule has 0 bridgehead atoms. The fourth-order valence-corrected chi connectivity index (χ4v) is 2.72. The summed E-state index contributed by atoms with van der Waals surface area (Å²) in [7, 11) is 0. The zero-order chi connectivity index (χ0) is 14.7. The van der Waals surface area contributed by atoms with Gasteiger partial charge in [0.05, 0.1) is 0 Å². The topological polar surface area (TPSA) is 40.5 Å². The van der Waals surface area contributed by atoms with Crippen molar-refractivity contribution in [3.63, 3.8) is 0 Å². The second-order valence-electron chi connectivity index (χ2n) is 5.56. The summed E-state index contributed by atoms with van der Waals surface area (Å²) in [5.74, 6) is -0.133. The summed E-state index contributed by atoms with van der Waals surface area (Å²) in [5, 5.41) is 9.17. The number of anilines is 1. The predicted molar refractivity (Wildman–Crippen MR) is 83.5 cm³/mol. The van der Waals surface area contributed by atoms with Crippen molar-refractivity contribution in [2.45, 2.75) is 25.3 Å². The summed E-state index contributed by atoms with van der Waals surface area (Å²) in [6, 6.07) is 18.1. The Morgan fingerprint density at radius 2 is 1.71 bits per heavy atom. The number of carboxylic acid groups (broad SMARTS) is 1. The first-order valence-corrected chi connectivity index (χ1v) is 7.33. The van der Waals surface area contributed by atoms with Gasteiger partial charge in [0.15, 0.2) is 0 Å². The molecular formula is C18H19NO2. The Bertz CT molecular complexity index is 620. The first kappa shape index (κ1) is 13.7. The Morgan fingerprint density at radius 1 is 1.05 bits per heavy atom. The van der Waals surface area contributed by atoms with Gasteiger partial charge in [0, 0.05) is 12.2 Å². The lowest BCUT2D eigenvalue weighted by Crippen LogP contribution is -2.29. The van der Waals surface area contributed by atoms with Crippen LogP contribution in [-0.4, -0.2) is 17.6 Å². The lowest BCUT2D eigenvalue weighted by atomic mass is 10.0. The van der Waals surface area contributed by atoms with Crippen molar-refractivity contribution in [1.29, 1.82) is 0 Å². The summed E-state index contributed by atoms with van der Waals surface area (Å²) in [4.78, 5) is 13.1. The monoisotopic (exact) mass is 281 g/mol. The van der Waals surface area contributed by atoms with E-state index < -0.39 is 5.97 Å². The van der Waals surface area contributed by atoms with Gasteiger partial charge >= 0.3 is 5.97 Å². The molecule has 2 aromatic rings. The van der Waals surface area contributed by atoms with E-state index in [-0.39, 0.29) is 6.54 Å². The van der Waals surface area contributed by atoms with Crippen LogP contribution in [0.15, 0.2) is 54.6 Å². The first-order chi connectivity index (χ1) is 10.2. The molecule has 2 aromatic carbocycles. The summed E-state index contributed by atoms with van der Waals surface area (Å²) in [6.45, 7) is 0.659. The van der Waals surface area contributed by atoms with E-state index in [1.165, 1.54) is 24.0 Å². The molecule has 0 amide bonds. The molecule has 3 heteroatoms. The Kier molecular flexibility index (Phi) is 3.91. The molecule has 0 aromatic heterocycles. The van der Waals surface area contributed by atoms with Crippen LogP contribution in [0.25, 0.3) is 0 Å². The summed E-state index contributed by atoms with van der Waals surface area (Å²) in [5.41, 5.74) is 3.57. The third-order valence-corrected chi connectivity index (χ3v) is 3.88. The highest BCUT2D eigenvalue weighted by molar-refractivity contribution is 5.73. The normalized spacial score (nSPS) is 13.9. The standard InChI is InChI=1S/C18H19NO2/c20-18(21)13-19(16-7-2-1-3-8-16)12-15-6-4-5-9-17(15)14-10-11-14/h1-9,14H,10-13H2,(H,20,21). The van der Waals surface area contributed by atoms with E-state index in [4.69, 9.17) is 0 Å². The van der Waals surface area contributed by atoms with Gasteiger partial charge in [-0.15, -0.1) is 0 Å². The number of nitrogens with zero attached hydrogens (tertiary/aromatic N) is 1. The second-order valence-corrected chi connectivity index (χ2v) is 5.56. The molecule has 0 heterocycles. The zero-order valence-corrected chi connectivity index (χ0v) is 11.9. The molecule has 1 fully saturated rings. The highest BCUT2D eigenvalue weighted by atomic mass is 16.4. The molecule has 0 atom stereocenters. The molecule has 21 heavy (non-hydrogen) atoms. The Hall–Kier alpha value is -2.29. The third-order valence-electron chi connectivity index (χ3n) is 3.88. The van der Waals surface area contributed by atoms with E-state index in [2.05, 4.69) is 18.2 Å². The molecule has 1 N–H and O–H groups in total. The lowest BCUT2D eigenvalue weighted by Gasteiger charge is -2.24. The fourth-order valence-electron chi connectivity index (χ4n) is 2.72. The van der Waals surface area contributed by atoms with Gasteiger partial charge in [-0.2, -0.15) is 0 Å². The molecule has 1 aliphatic rings. The van der Waals surface area contributed by atoms with Gasteiger partial charge < -0.3 is 10.0 Å². The molecule has 1 aliphatic carbocycles. The smallest absolute Gasteiger partial charge is 0.323 e. The minimum Gasteiger partial charge on any atom is -0.480 e. The highest BCUT2D eigenvalue weighted by Gasteiger charge is 2.26. The fraction of sp³-hybridized carbons (Fsp3) is 0.278. The average Bonchev–Trinajstić information content (AvgIpc) is 3.32. The van der Waals surface area contributed by atoms with Gasteiger partial charge in [-0.3, -0.25) is 4.79 Å². The Labute approximate surface area is 124 Å². The van der Waals surface area contributed by atoms with Crippen molar-refractivity contribution in [2.24, 2.45) is 0 Å². The van der Waals surface area contributed by atoms with Gasteiger partial charge in [-0.1, -0.05) is 42.5 Å². The van der Waals surface area contributed by atoms with Gasteiger partial charge in [-0.25, -0.2) is 0 Å². The van der Waals surface area contributed by atoms with Crippen molar-refractivity contribution < 1.29 is 9.90 Å². The number of hydrogen-bond acceptors (Lipinski definition) is 2. The van der Waals surface area contributed by atoms with Gasteiger partial charge in [-0.05, 0) is 42.0 Å². The van der Waals surface area contributed by atoms with Crippen LogP contribution < -0.4 is 4.90 Å². The maximum atomic E-state index is 11.2. The van der Waals surface area contributed by atoms with E-state index in [1.54, 1.807) is 0 Å². The quantitative estimate of drug-likeness (QED) is 0.878. The average molecular weight is 281 g/mol. The molecule has 1 saturated carbocycles. The van der Waals surface area contributed by atoms with Crippen LogP contribution in [0.4, 0.5) is 5.69 Å². The molecule has 0 saturated heterocycles. The van der Waals surface area contributed by atoms with Crippen LogP contribution in [0.3, 0.4) is 0 Å². The maximum Gasteiger partial charge on any atom is 0.323 e. The maximum absolute atomic E-state index is 11.2. The number of para-hydroxylation sites is 1. The molecular weight excluding hydrogens is 262 g/mol. The molecule has 0 aliphatic heterocycles. The minimum atomic E-state index is -0.803. The van der Waals surface area contributed by atoms with Crippen LogP contribution in [-0.2, 0) is 11.3 Å². The third kappa shape index (κ3) is 3.43. The predicted octanol–water partition coefficient (Wildman–Crippen LogP) is 3.66. The van der Waals surface area contributed by atoms with E-state index in [1.807, 2.05) is 41.3 Å². The largest absolute Gasteiger partial charge is 0.480 e. The Balaban J connectivity index is 1.86.